The Kier molecular flexibility index (Phi) is 2.75. The van der Waals surface area contributed by atoms with Gasteiger partial charge in [0.25, 0.3) is 0 Å². The number of hydrogen-bond donors (Lipinski definition) is 0. The molecule has 0 amide bonds. The molecule has 3 rings (SSSR count). The van der Waals surface area contributed by atoms with E-state index in [1.807, 2.05) is 0 Å². The van der Waals surface area contributed by atoms with Crippen LogP contribution in [0.1, 0.15) is 25.1 Å². The first-order chi connectivity index (χ1) is 8.83. The van der Waals surface area contributed by atoms with Crippen LogP contribution in [0.4, 0.5) is 0 Å². The van der Waals surface area contributed by atoms with Crippen LogP contribution in [0, 0.1) is 0 Å². The van der Waals surface area contributed by atoms with Crippen molar-refractivity contribution < 1.29 is 0 Å². The molecular weight excluding hydrogens is 218 g/mol. The first kappa shape index (κ1) is 11.2. The van der Waals surface area contributed by atoms with Crippen LogP contribution in [0.2, 0.25) is 0 Å². The third kappa shape index (κ3) is 1.67. The summed E-state index contributed by atoms with van der Waals surface area (Å²) in [5, 5.41) is 3.78. The Bertz CT molecular complexity index is 713. The van der Waals surface area contributed by atoms with Crippen LogP contribution in [0.3, 0.4) is 0 Å². The first-order valence-corrected chi connectivity index (χ1v) is 6.63. The van der Waals surface area contributed by atoms with Gasteiger partial charge in [-0.2, -0.15) is 0 Å². The number of rotatable bonds is 2. The van der Waals surface area contributed by atoms with Crippen LogP contribution in [0.15, 0.2) is 42.5 Å². The number of nitrogens with zero attached hydrogens (tertiary/aromatic N) is 1. The fourth-order valence-corrected chi connectivity index (χ4v) is 2.60. The molecule has 0 aliphatic rings. The zero-order chi connectivity index (χ0) is 12.5. The van der Waals surface area contributed by atoms with E-state index in [2.05, 4.69) is 56.3 Å². The van der Waals surface area contributed by atoms with Gasteiger partial charge in [-0.1, -0.05) is 50.2 Å². The van der Waals surface area contributed by atoms with E-state index in [9.17, 15) is 0 Å². The molecule has 1 heterocycles. The number of hydrogen-bond acceptors (Lipinski definition) is 1. The van der Waals surface area contributed by atoms with Crippen molar-refractivity contribution in [1.82, 2.24) is 4.98 Å². The summed E-state index contributed by atoms with van der Waals surface area (Å²) >= 11 is 0. The van der Waals surface area contributed by atoms with Crippen LogP contribution in [-0.4, -0.2) is 4.98 Å². The average Bonchev–Trinajstić information content (AvgIpc) is 2.45. The fourth-order valence-electron chi connectivity index (χ4n) is 2.60. The lowest BCUT2D eigenvalue weighted by atomic mass is 10.0. The Balaban J connectivity index is 2.43. The van der Waals surface area contributed by atoms with Gasteiger partial charge in [0.15, 0.2) is 0 Å². The van der Waals surface area contributed by atoms with E-state index < -0.39 is 0 Å². The van der Waals surface area contributed by atoms with Crippen molar-refractivity contribution in [2.24, 2.45) is 0 Å². The van der Waals surface area contributed by atoms with Crippen molar-refractivity contribution in [2.45, 2.75) is 26.7 Å². The predicted octanol–water partition coefficient (Wildman–Crippen LogP) is 4.51. The molecule has 0 aliphatic carbocycles. The lowest BCUT2D eigenvalue weighted by Gasteiger charge is -2.09. The highest BCUT2D eigenvalue weighted by atomic mass is 14.7. The average molecular weight is 235 g/mol. The molecule has 90 valence electrons. The third-order valence-electron chi connectivity index (χ3n) is 3.59. The summed E-state index contributed by atoms with van der Waals surface area (Å²) in [6.07, 6.45) is 2.06. The molecular formula is C17H17N. The van der Waals surface area contributed by atoms with E-state index in [-0.39, 0.29) is 0 Å². The smallest absolute Gasteiger partial charge is 0.0783 e. The molecule has 1 heteroatoms. The van der Waals surface area contributed by atoms with Gasteiger partial charge in [-0.25, -0.2) is 0 Å². The maximum absolute atomic E-state index is 4.89. The van der Waals surface area contributed by atoms with E-state index in [1.54, 1.807) is 0 Å². The second kappa shape index (κ2) is 4.41. The molecule has 0 saturated carbocycles. The van der Waals surface area contributed by atoms with Gasteiger partial charge in [-0.05, 0) is 29.9 Å². The van der Waals surface area contributed by atoms with Gasteiger partial charge in [0.1, 0.15) is 0 Å². The van der Waals surface area contributed by atoms with Gasteiger partial charge < -0.3 is 0 Å². The lowest BCUT2D eigenvalue weighted by molar-refractivity contribution is 0.983. The minimum Gasteiger partial charge on any atom is -0.252 e. The van der Waals surface area contributed by atoms with Gasteiger partial charge in [0.2, 0.25) is 0 Å². The number of aromatic nitrogens is 1. The maximum Gasteiger partial charge on any atom is 0.0783 e. The lowest BCUT2D eigenvalue weighted by Crippen LogP contribution is -1.96. The molecule has 0 N–H and O–H groups in total. The molecule has 0 atom stereocenters. The molecule has 0 radical (unpaired) electrons. The molecule has 0 aliphatic heterocycles. The topological polar surface area (TPSA) is 12.9 Å². The van der Waals surface area contributed by atoms with Crippen molar-refractivity contribution in [3.63, 3.8) is 0 Å². The van der Waals surface area contributed by atoms with Crippen LogP contribution in [0.5, 0.6) is 0 Å². The second-order valence-corrected chi connectivity index (χ2v) is 4.66. The van der Waals surface area contributed by atoms with Crippen molar-refractivity contribution in [2.75, 3.05) is 0 Å². The highest BCUT2D eigenvalue weighted by Gasteiger charge is 2.06. The summed E-state index contributed by atoms with van der Waals surface area (Å²) in [5.74, 6) is 0. The predicted molar refractivity (Wildman–Crippen MR) is 78.0 cm³/mol. The van der Waals surface area contributed by atoms with Crippen molar-refractivity contribution in [1.29, 1.82) is 0 Å². The number of fused-ring (bicyclic) bond motifs is 3. The van der Waals surface area contributed by atoms with Crippen molar-refractivity contribution in [3.8, 4) is 0 Å². The van der Waals surface area contributed by atoms with E-state index in [0.717, 1.165) is 18.4 Å². The minimum absolute atomic E-state index is 1.00. The van der Waals surface area contributed by atoms with E-state index in [1.165, 1.54) is 27.4 Å². The van der Waals surface area contributed by atoms with Crippen LogP contribution >= 0.6 is 0 Å². The van der Waals surface area contributed by atoms with Crippen molar-refractivity contribution >= 4 is 21.7 Å². The van der Waals surface area contributed by atoms with Gasteiger partial charge in [0, 0.05) is 16.5 Å². The number of benzene rings is 2. The van der Waals surface area contributed by atoms with Crippen LogP contribution in [-0.2, 0) is 12.8 Å². The highest BCUT2D eigenvalue weighted by molar-refractivity contribution is 6.05. The Hall–Kier alpha value is -1.89. The summed E-state index contributed by atoms with van der Waals surface area (Å²) in [6, 6.07) is 15.1. The molecule has 1 aromatic heterocycles. The minimum atomic E-state index is 1.00. The molecule has 2 aromatic carbocycles. The fraction of sp³-hybridized carbons (Fsp3) is 0.235. The molecule has 0 bridgehead atoms. The number of aryl methyl sites for hydroxylation is 2. The van der Waals surface area contributed by atoms with Crippen LogP contribution in [0.25, 0.3) is 21.7 Å². The van der Waals surface area contributed by atoms with Crippen molar-refractivity contribution in [3.05, 3.63) is 53.7 Å². The summed E-state index contributed by atoms with van der Waals surface area (Å²) < 4.78 is 0. The zero-order valence-corrected chi connectivity index (χ0v) is 10.9. The summed E-state index contributed by atoms with van der Waals surface area (Å²) in [5.41, 5.74) is 3.75. The Morgan fingerprint density at radius 2 is 1.67 bits per heavy atom. The Labute approximate surface area is 107 Å². The van der Waals surface area contributed by atoms with Crippen LogP contribution < -0.4 is 0 Å². The van der Waals surface area contributed by atoms with Gasteiger partial charge in [-0.15, -0.1) is 0 Å². The highest BCUT2D eigenvalue weighted by Crippen LogP contribution is 2.26. The van der Waals surface area contributed by atoms with E-state index >= 15 is 0 Å². The zero-order valence-electron chi connectivity index (χ0n) is 10.9. The summed E-state index contributed by atoms with van der Waals surface area (Å²) in [6.45, 7) is 4.38. The van der Waals surface area contributed by atoms with E-state index in [0.29, 0.717) is 0 Å². The standard InChI is InChI=1S/C17H17N/c1-3-12-11-14-10-9-13-7-5-6-8-15(13)17(14)18-16(12)4-2/h5-11H,3-4H2,1-2H3. The molecule has 0 unspecified atom stereocenters. The molecule has 0 fully saturated rings. The normalized spacial score (nSPS) is 11.2. The number of pyridine rings is 1. The maximum atomic E-state index is 4.89. The first-order valence-electron chi connectivity index (χ1n) is 6.63. The van der Waals surface area contributed by atoms with E-state index in [4.69, 9.17) is 4.98 Å². The molecule has 18 heavy (non-hydrogen) atoms. The molecule has 0 spiro atoms. The Morgan fingerprint density at radius 1 is 0.889 bits per heavy atom. The van der Waals surface area contributed by atoms with Gasteiger partial charge in [0.05, 0.1) is 5.52 Å². The molecule has 3 aromatic rings. The van der Waals surface area contributed by atoms with Gasteiger partial charge >= 0.3 is 0 Å². The quantitative estimate of drug-likeness (QED) is 0.595. The molecule has 0 saturated heterocycles. The molecule has 1 nitrogen and oxygen atoms in total. The third-order valence-corrected chi connectivity index (χ3v) is 3.59. The second-order valence-electron chi connectivity index (χ2n) is 4.66. The SMILES string of the molecule is CCc1cc2ccc3ccccc3c2nc1CC. The Morgan fingerprint density at radius 3 is 2.44 bits per heavy atom. The van der Waals surface area contributed by atoms with Gasteiger partial charge in [-0.3, -0.25) is 4.98 Å². The summed E-state index contributed by atoms with van der Waals surface area (Å²) in [4.78, 5) is 4.89. The monoisotopic (exact) mass is 235 g/mol. The summed E-state index contributed by atoms with van der Waals surface area (Å²) in [7, 11) is 0. The largest absolute Gasteiger partial charge is 0.252 e.